The molecule has 1 amide bonds. The van der Waals surface area contributed by atoms with Crippen molar-refractivity contribution >= 4 is 17.4 Å². The van der Waals surface area contributed by atoms with E-state index in [2.05, 4.69) is 15.8 Å². The molecule has 29 heavy (non-hydrogen) atoms. The minimum Gasteiger partial charge on any atom is -0.322 e. The van der Waals surface area contributed by atoms with Crippen LogP contribution in [0.4, 0.5) is 14.5 Å². The van der Waals surface area contributed by atoms with Crippen LogP contribution < -0.4 is 27.5 Å². The minimum absolute atomic E-state index is 0.412. The zero-order chi connectivity index (χ0) is 21.0. The highest BCUT2D eigenvalue weighted by Gasteiger charge is 2.17. The van der Waals surface area contributed by atoms with Crippen molar-refractivity contribution in [1.82, 2.24) is 5.43 Å². The van der Waals surface area contributed by atoms with Crippen molar-refractivity contribution in [1.29, 1.82) is 0 Å². The standard InChI is InChI=1S/C21H19F2N5O/c1-12-5-6-14(20(27-24)28-25)11-16(12)13-7-9-15(10-8-13)26-21(29)19-17(22)3-2-4-18(19)23/h2-11H,24-25H2,1H3,(H,26,29)(H,27,28)/p+1. The summed E-state index contributed by atoms with van der Waals surface area (Å²) >= 11 is 0. The number of rotatable bonds is 4. The zero-order valence-electron chi connectivity index (χ0n) is 15.6. The lowest BCUT2D eigenvalue weighted by Gasteiger charge is -2.10. The molecule has 0 aliphatic carbocycles. The van der Waals surface area contributed by atoms with Crippen LogP contribution in [0.3, 0.4) is 0 Å². The average Bonchev–Trinajstić information content (AvgIpc) is 2.70. The van der Waals surface area contributed by atoms with E-state index in [-0.39, 0.29) is 0 Å². The van der Waals surface area contributed by atoms with Gasteiger partial charge in [-0.05, 0) is 60.0 Å². The molecule has 6 nitrogen and oxygen atoms in total. The van der Waals surface area contributed by atoms with Crippen LogP contribution >= 0.6 is 0 Å². The van der Waals surface area contributed by atoms with Gasteiger partial charge in [-0.2, -0.15) is 16.4 Å². The van der Waals surface area contributed by atoms with Crippen LogP contribution in [0.5, 0.6) is 0 Å². The summed E-state index contributed by atoms with van der Waals surface area (Å²) in [6.45, 7) is 1.96. The number of hydrogen-bond acceptors (Lipinski definition) is 3. The number of amidine groups is 1. The normalized spacial score (nSPS) is 11.2. The van der Waals surface area contributed by atoms with Crippen LogP contribution in [0.1, 0.15) is 21.5 Å². The first-order chi connectivity index (χ1) is 13.9. The fourth-order valence-corrected chi connectivity index (χ4v) is 2.94. The molecular formula is C21H20F2N5O+. The van der Waals surface area contributed by atoms with Crippen LogP contribution in [0.2, 0.25) is 0 Å². The summed E-state index contributed by atoms with van der Waals surface area (Å²) in [7, 11) is 0. The van der Waals surface area contributed by atoms with E-state index in [1.807, 2.05) is 25.1 Å². The maximum atomic E-state index is 13.8. The Morgan fingerprint density at radius 3 is 2.24 bits per heavy atom. The van der Waals surface area contributed by atoms with Gasteiger partial charge in [0.15, 0.2) is 0 Å². The predicted octanol–water partition coefficient (Wildman–Crippen LogP) is 1.36. The Balaban J connectivity index is 1.86. The number of benzene rings is 3. The number of nitrogens with one attached hydrogen (secondary N) is 3. The Morgan fingerprint density at radius 1 is 1.00 bits per heavy atom. The summed E-state index contributed by atoms with van der Waals surface area (Å²) in [6.07, 6.45) is 0. The maximum Gasteiger partial charge on any atom is 0.315 e. The molecular weight excluding hydrogens is 376 g/mol. The number of hydrazine groups is 2. The summed E-state index contributed by atoms with van der Waals surface area (Å²) in [5.74, 6) is 8.68. The topological polar surface area (TPSA) is 107 Å². The molecule has 0 aromatic heterocycles. The number of anilines is 1. The first kappa shape index (κ1) is 20.0. The van der Waals surface area contributed by atoms with E-state index < -0.39 is 23.1 Å². The lowest BCUT2D eigenvalue weighted by atomic mass is 9.97. The second-order valence-corrected chi connectivity index (χ2v) is 6.32. The van der Waals surface area contributed by atoms with Gasteiger partial charge in [0.05, 0.1) is 5.56 Å². The number of amides is 1. The number of hydrazone groups is 1. The van der Waals surface area contributed by atoms with E-state index in [9.17, 15) is 13.6 Å². The Morgan fingerprint density at radius 2 is 1.66 bits per heavy atom. The van der Waals surface area contributed by atoms with Crippen molar-refractivity contribution in [3.63, 3.8) is 0 Å². The van der Waals surface area contributed by atoms with E-state index >= 15 is 0 Å². The van der Waals surface area contributed by atoms with Gasteiger partial charge < -0.3 is 5.32 Å². The van der Waals surface area contributed by atoms with E-state index in [1.54, 1.807) is 24.3 Å². The van der Waals surface area contributed by atoms with E-state index in [1.165, 1.54) is 6.07 Å². The van der Waals surface area contributed by atoms with Crippen LogP contribution in [0.15, 0.2) is 60.7 Å². The van der Waals surface area contributed by atoms with Crippen molar-refractivity contribution in [2.75, 3.05) is 5.32 Å². The molecule has 3 aromatic rings. The highest BCUT2D eigenvalue weighted by Crippen LogP contribution is 2.26. The first-order valence-corrected chi connectivity index (χ1v) is 8.71. The average molecular weight is 396 g/mol. The SMILES string of the molecule is Cc1ccc(C(NN)=[NH+]N)cc1-c1ccc(NC(=O)c2c(F)cccc2F)cc1. The van der Waals surface area contributed by atoms with Crippen LogP contribution in [-0.2, 0) is 0 Å². The fraction of sp³-hybridized carbons (Fsp3) is 0.0476. The van der Waals surface area contributed by atoms with Gasteiger partial charge in [-0.1, -0.05) is 24.3 Å². The maximum absolute atomic E-state index is 13.8. The molecule has 0 bridgehead atoms. The lowest BCUT2D eigenvalue weighted by Crippen LogP contribution is -2.83. The quantitative estimate of drug-likeness (QED) is 0.199. The Hall–Kier alpha value is -3.78. The molecule has 0 atom stereocenters. The van der Waals surface area contributed by atoms with Gasteiger partial charge in [0.25, 0.3) is 5.91 Å². The lowest BCUT2D eigenvalue weighted by molar-refractivity contribution is -0.471. The zero-order valence-corrected chi connectivity index (χ0v) is 15.6. The van der Waals surface area contributed by atoms with Gasteiger partial charge in [-0.3, -0.25) is 10.6 Å². The largest absolute Gasteiger partial charge is 0.322 e. The molecule has 0 aliphatic rings. The van der Waals surface area contributed by atoms with Crippen LogP contribution in [-0.4, -0.2) is 11.7 Å². The molecule has 8 heteroatoms. The molecule has 0 saturated carbocycles. The van der Waals surface area contributed by atoms with Crippen molar-refractivity contribution in [3.05, 3.63) is 89.0 Å². The Labute approximate surface area is 166 Å². The molecule has 3 aromatic carbocycles. The first-order valence-electron chi connectivity index (χ1n) is 8.71. The minimum atomic E-state index is -0.916. The van der Waals surface area contributed by atoms with Gasteiger partial charge in [0.1, 0.15) is 17.2 Å². The molecule has 0 saturated heterocycles. The summed E-state index contributed by atoms with van der Waals surface area (Å²) in [5.41, 5.74) is 5.89. The Bertz CT molecular complexity index is 1060. The van der Waals surface area contributed by atoms with Gasteiger partial charge in [0, 0.05) is 5.69 Å². The van der Waals surface area contributed by atoms with Gasteiger partial charge >= 0.3 is 5.84 Å². The third-order valence-corrected chi connectivity index (χ3v) is 4.46. The monoisotopic (exact) mass is 396 g/mol. The molecule has 0 fully saturated rings. The number of carbonyl (C=O) groups excluding carboxylic acids is 1. The smallest absolute Gasteiger partial charge is 0.315 e. The molecule has 0 heterocycles. The number of aryl methyl sites for hydroxylation is 1. The fourth-order valence-electron chi connectivity index (χ4n) is 2.94. The number of halogens is 2. The third kappa shape index (κ3) is 4.22. The number of hydrogen-bond donors (Lipinski definition) is 5. The second-order valence-electron chi connectivity index (χ2n) is 6.32. The summed E-state index contributed by atoms with van der Waals surface area (Å²) in [5, 5.41) is 5.00. The molecule has 0 spiro atoms. The number of carbonyl (C=O) groups is 1. The molecule has 0 aliphatic heterocycles. The molecule has 0 radical (unpaired) electrons. The van der Waals surface area contributed by atoms with Crippen molar-refractivity contribution in [3.8, 4) is 11.1 Å². The summed E-state index contributed by atoms with van der Waals surface area (Å²) in [4.78, 5) is 12.2. The van der Waals surface area contributed by atoms with Crippen LogP contribution in [0.25, 0.3) is 11.1 Å². The predicted molar refractivity (Wildman–Crippen MR) is 108 cm³/mol. The highest BCUT2D eigenvalue weighted by atomic mass is 19.1. The van der Waals surface area contributed by atoms with Gasteiger partial charge in [0.2, 0.25) is 0 Å². The van der Waals surface area contributed by atoms with E-state index in [4.69, 9.17) is 11.7 Å². The molecule has 148 valence electrons. The van der Waals surface area contributed by atoms with Crippen molar-refractivity contribution in [2.45, 2.75) is 6.92 Å². The van der Waals surface area contributed by atoms with Crippen molar-refractivity contribution < 1.29 is 18.7 Å². The number of nitrogens with two attached hydrogens (primary N) is 2. The van der Waals surface area contributed by atoms with Crippen LogP contribution in [0, 0.1) is 18.6 Å². The van der Waals surface area contributed by atoms with Gasteiger partial charge in [-0.25, -0.2) is 8.78 Å². The van der Waals surface area contributed by atoms with Gasteiger partial charge in [-0.15, -0.1) is 0 Å². The molecule has 7 N–H and O–H groups in total. The highest BCUT2D eigenvalue weighted by molar-refractivity contribution is 6.04. The molecule has 0 unspecified atom stereocenters. The molecule has 3 rings (SSSR count). The van der Waals surface area contributed by atoms with Crippen molar-refractivity contribution in [2.24, 2.45) is 11.7 Å². The van der Waals surface area contributed by atoms with E-state index in [0.717, 1.165) is 34.4 Å². The summed E-state index contributed by atoms with van der Waals surface area (Å²) in [6, 6.07) is 15.9. The van der Waals surface area contributed by atoms with E-state index in [0.29, 0.717) is 11.5 Å². The Kier molecular flexibility index (Phi) is 5.85. The third-order valence-electron chi connectivity index (χ3n) is 4.46. The second kappa shape index (κ2) is 8.49. The summed E-state index contributed by atoms with van der Waals surface area (Å²) < 4.78 is 27.5.